The molecule has 4 amide bonds. The highest BCUT2D eigenvalue weighted by atomic mass is 33.1. The van der Waals surface area contributed by atoms with Gasteiger partial charge in [0.15, 0.2) is 0 Å². The summed E-state index contributed by atoms with van der Waals surface area (Å²) in [4.78, 5) is 68.6. The zero-order valence-electron chi connectivity index (χ0n) is 26.0. The van der Waals surface area contributed by atoms with E-state index in [1.54, 1.807) is 6.20 Å². The first kappa shape index (κ1) is 36.4. The van der Waals surface area contributed by atoms with Gasteiger partial charge in [-0.3, -0.25) is 25.0 Å². The van der Waals surface area contributed by atoms with Gasteiger partial charge in [-0.25, -0.2) is 5.43 Å². The summed E-state index contributed by atoms with van der Waals surface area (Å²) < 4.78 is 0. The topological polar surface area (TPSA) is 199 Å². The van der Waals surface area contributed by atoms with Gasteiger partial charge in [0.05, 0.1) is 12.1 Å². The van der Waals surface area contributed by atoms with E-state index >= 15 is 0 Å². The third-order valence-corrected chi connectivity index (χ3v) is 9.90. The summed E-state index contributed by atoms with van der Waals surface area (Å²) in [6, 6.07) is 3.32. The van der Waals surface area contributed by atoms with Gasteiger partial charge in [0, 0.05) is 35.0 Å². The van der Waals surface area contributed by atoms with Crippen LogP contribution in [0.15, 0.2) is 30.5 Å². The number of nitrogens with one attached hydrogen (secondary N) is 7. The van der Waals surface area contributed by atoms with Crippen molar-refractivity contribution in [3.05, 3.63) is 36.0 Å². The van der Waals surface area contributed by atoms with E-state index in [-0.39, 0.29) is 18.1 Å². The molecule has 1 aromatic heterocycles. The fraction of sp³-hybridized carbons (Fsp3) is 0.567. The molecule has 13 nitrogen and oxygen atoms in total. The average molecular weight is 663 g/mol. The van der Waals surface area contributed by atoms with Gasteiger partial charge in [-0.1, -0.05) is 53.6 Å². The number of hydrazine groups is 1. The van der Waals surface area contributed by atoms with Gasteiger partial charge in [0.1, 0.15) is 24.4 Å². The monoisotopic (exact) mass is 662 g/mol. The number of para-hydroxylation sites is 1. The molecule has 45 heavy (non-hydrogen) atoms. The minimum Gasteiger partial charge on any atom is -0.361 e. The number of aldehydes is 1. The molecule has 0 aliphatic carbocycles. The van der Waals surface area contributed by atoms with Crippen LogP contribution in [0.25, 0.3) is 10.9 Å². The molecule has 248 valence electrons. The normalized spacial score (nSPS) is 20.9. The first-order valence-corrected chi connectivity index (χ1v) is 17.7. The van der Waals surface area contributed by atoms with Crippen molar-refractivity contribution in [3.63, 3.8) is 0 Å². The third-order valence-electron chi connectivity index (χ3n) is 7.45. The molecule has 1 aliphatic rings. The van der Waals surface area contributed by atoms with E-state index in [9.17, 15) is 24.0 Å². The average Bonchev–Trinajstić information content (AvgIpc) is 3.42. The molecule has 1 aromatic carbocycles. The van der Waals surface area contributed by atoms with Crippen molar-refractivity contribution >= 4 is 62.4 Å². The molecule has 3 unspecified atom stereocenters. The highest BCUT2D eigenvalue weighted by Gasteiger charge is 2.32. The molecule has 5 atom stereocenters. The Morgan fingerprint density at radius 3 is 2.51 bits per heavy atom. The van der Waals surface area contributed by atoms with Crippen molar-refractivity contribution < 1.29 is 24.0 Å². The second kappa shape index (κ2) is 18.8. The predicted molar refractivity (Wildman–Crippen MR) is 179 cm³/mol. The predicted octanol–water partition coefficient (Wildman–Crippen LogP) is 0.511. The van der Waals surface area contributed by atoms with E-state index in [2.05, 4.69) is 37.0 Å². The van der Waals surface area contributed by atoms with E-state index in [1.807, 2.05) is 45.2 Å². The van der Waals surface area contributed by atoms with Crippen LogP contribution in [0.1, 0.15) is 45.1 Å². The largest absolute Gasteiger partial charge is 0.361 e. The zero-order valence-corrected chi connectivity index (χ0v) is 27.7. The fourth-order valence-electron chi connectivity index (χ4n) is 5.01. The number of H-pyrrole nitrogens is 1. The van der Waals surface area contributed by atoms with Gasteiger partial charge in [0.25, 0.3) is 0 Å². The summed E-state index contributed by atoms with van der Waals surface area (Å²) in [5, 5.41) is 15.2. The Hall–Kier alpha value is -3.11. The van der Waals surface area contributed by atoms with Gasteiger partial charge in [-0.05, 0) is 56.8 Å². The Kier molecular flexibility index (Phi) is 15.2. The minimum absolute atomic E-state index is 0.161. The first-order valence-electron chi connectivity index (χ1n) is 15.2. The molecule has 1 aliphatic heterocycles. The third kappa shape index (κ3) is 11.3. The van der Waals surface area contributed by atoms with Crippen molar-refractivity contribution in [2.24, 2.45) is 11.8 Å². The lowest BCUT2D eigenvalue weighted by Gasteiger charge is -2.26. The second-order valence-corrected chi connectivity index (χ2v) is 14.1. The summed E-state index contributed by atoms with van der Waals surface area (Å²) in [5.41, 5.74) is 4.26. The van der Waals surface area contributed by atoms with E-state index < -0.39 is 53.8 Å². The Balaban J connectivity index is 1.84. The Labute approximate surface area is 271 Å². The van der Waals surface area contributed by atoms with Crippen molar-refractivity contribution in [1.82, 2.24) is 37.0 Å². The van der Waals surface area contributed by atoms with Gasteiger partial charge in [-0.2, -0.15) is 0 Å². The standard InChI is InChI=1S/C30H46N8O5S2/c1-18(2)12-25(38-31)29(42)36-24(13-19-14-33-22-9-5-4-8-21(19)22)28(41)37-26-17-45-44-16-20(15-39)34-27(40)23(35-30(26)43)10-6-7-11-32-3/h4-5,8-9,14-15,18,20,23-26,32-33,38H,6-7,10-13,16-17,31H2,1-3H3,(H,34,40)(H,35,43)(H,36,42)(H,37,41)/t20?,23?,24-,25-,26?/m0/s1. The molecule has 15 heteroatoms. The van der Waals surface area contributed by atoms with Gasteiger partial charge in [0.2, 0.25) is 23.6 Å². The lowest BCUT2D eigenvalue weighted by Crippen LogP contribution is -2.59. The van der Waals surface area contributed by atoms with Crippen LogP contribution in [0.3, 0.4) is 0 Å². The summed E-state index contributed by atoms with van der Waals surface area (Å²) >= 11 is 0. The lowest BCUT2D eigenvalue weighted by atomic mass is 10.0. The lowest BCUT2D eigenvalue weighted by molar-refractivity contribution is -0.134. The van der Waals surface area contributed by atoms with Gasteiger partial charge < -0.3 is 36.4 Å². The van der Waals surface area contributed by atoms with Crippen LogP contribution in [0.4, 0.5) is 0 Å². The van der Waals surface area contributed by atoms with Gasteiger partial charge in [-0.15, -0.1) is 0 Å². The Morgan fingerprint density at radius 2 is 1.80 bits per heavy atom. The number of benzene rings is 1. The highest BCUT2D eigenvalue weighted by molar-refractivity contribution is 8.76. The molecule has 0 saturated carbocycles. The van der Waals surface area contributed by atoms with E-state index in [0.29, 0.717) is 31.3 Å². The number of nitrogens with two attached hydrogens (primary N) is 1. The van der Waals surface area contributed by atoms with E-state index in [1.165, 1.54) is 21.6 Å². The molecule has 2 aromatic rings. The van der Waals surface area contributed by atoms with E-state index in [0.717, 1.165) is 29.4 Å². The van der Waals surface area contributed by atoms with Crippen molar-refractivity contribution in [2.45, 2.75) is 76.2 Å². The molecule has 0 spiro atoms. The molecule has 2 heterocycles. The molecule has 3 rings (SSSR count). The number of amides is 4. The number of rotatable bonds is 15. The number of aromatic amines is 1. The maximum absolute atomic E-state index is 13.9. The van der Waals surface area contributed by atoms with Crippen LogP contribution in [-0.4, -0.2) is 90.2 Å². The molecule has 9 N–H and O–H groups in total. The number of carbonyl (C=O) groups is 5. The smallest absolute Gasteiger partial charge is 0.244 e. The van der Waals surface area contributed by atoms with Crippen LogP contribution in [0.5, 0.6) is 0 Å². The summed E-state index contributed by atoms with van der Waals surface area (Å²) in [5.74, 6) is 4.41. The summed E-state index contributed by atoms with van der Waals surface area (Å²) in [6.07, 6.45) is 4.94. The molecular weight excluding hydrogens is 617 g/mol. The zero-order chi connectivity index (χ0) is 32.8. The highest BCUT2D eigenvalue weighted by Crippen LogP contribution is 2.24. The minimum atomic E-state index is -1.02. The van der Waals surface area contributed by atoms with Crippen molar-refractivity contribution in [1.29, 1.82) is 0 Å². The van der Waals surface area contributed by atoms with Crippen LogP contribution >= 0.6 is 21.6 Å². The molecule has 1 saturated heterocycles. The maximum atomic E-state index is 13.9. The number of unbranched alkanes of at least 4 members (excludes halogenated alkanes) is 1. The molecule has 0 bridgehead atoms. The number of carbonyl (C=O) groups excluding carboxylic acids is 5. The molecular formula is C30H46N8O5S2. The Morgan fingerprint density at radius 1 is 1.04 bits per heavy atom. The van der Waals surface area contributed by atoms with Crippen molar-refractivity contribution in [2.75, 3.05) is 25.1 Å². The SMILES string of the molecule is CNCCCCC1NC(=O)C(NC(=O)[C@H](Cc2c[nH]c3ccccc23)NC(=O)[C@H](CC(C)C)NN)CSSCC(C=O)NC1=O. The van der Waals surface area contributed by atoms with E-state index in [4.69, 9.17) is 5.84 Å². The van der Waals surface area contributed by atoms with Crippen molar-refractivity contribution in [3.8, 4) is 0 Å². The van der Waals surface area contributed by atoms with Gasteiger partial charge >= 0.3 is 0 Å². The van der Waals surface area contributed by atoms with Crippen LogP contribution in [0.2, 0.25) is 0 Å². The quantitative estimate of drug-likeness (QED) is 0.0437. The van der Waals surface area contributed by atoms with Crippen LogP contribution in [0, 0.1) is 5.92 Å². The molecule has 0 radical (unpaired) electrons. The maximum Gasteiger partial charge on any atom is 0.244 e. The number of hydrogen-bond acceptors (Lipinski definition) is 10. The van der Waals surface area contributed by atoms with Crippen LogP contribution in [-0.2, 0) is 30.4 Å². The second-order valence-electron chi connectivity index (χ2n) is 11.5. The number of fused-ring (bicyclic) bond motifs is 1. The first-order chi connectivity index (χ1) is 21.7. The summed E-state index contributed by atoms with van der Waals surface area (Å²) in [6.45, 7) is 4.69. The molecule has 1 fully saturated rings. The fourth-order valence-corrected chi connectivity index (χ4v) is 7.30. The number of hydrogen-bond donors (Lipinski definition) is 8. The summed E-state index contributed by atoms with van der Waals surface area (Å²) in [7, 11) is 4.48. The van der Waals surface area contributed by atoms with Crippen LogP contribution < -0.4 is 37.9 Å². The Bertz CT molecular complexity index is 1290. The number of aromatic nitrogens is 1.